The first kappa shape index (κ1) is 23.8. The van der Waals surface area contributed by atoms with Gasteiger partial charge in [-0.15, -0.1) is 0 Å². The number of nitrogens with one attached hydrogen (secondary N) is 2. The molecule has 3 aromatic carbocycles. The summed E-state index contributed by atoms with van der Waals surface area (Å²) in [6.45, 7) is 2.15. The summed E-state index contributed by atoms with van der Waals surface area (Å²) in [5.74, 6) is 1.46. The SMILES string of the molecule is CNC(=O)[C@@H]1C[C@@H](NCc2ccc(-c3ccccc3)cc2)CN1Cc1cccc(OC)c1OC. The summed E-state index contributed by atoms with van der Waals surface area (Å²) in [6, 6.07) is 24.9. The van der Waals surface area contributed by atoms with Gasteiger partial charge in [-0.3, -0.25) is 9.69 Å². The lowest BCUT2D eigenvalue weighted by atomic mass is 10.0. The Kier molecular flexibility index (Phi) is 7.83. The Morgan fingerprint density at radius 3 is 2.35 bits per heavy atom. The first-order valence-electron chi connectivity index (χ1n) is 11.7. The fraction of sp³-hybridized carbons (Fsp3) is 0.321. The van der Waals surface area contributed by atoms with Crippen molar-refractivity contribution >= 4 is 5.91 Å². The van der Waals surface area contributed by atoms with Gasteiger partial charge in [-0.2, -0.15) is 0 Å². The van der Waals surface area contributed by atoms with Crippen LogP contribution in [0.3, 0.4) is 0 Å². The summed E-state index contributed by atoms with van der Waals surface area (Å²) < 4.78 is 11.1. The number of methoxy groups -OCH3 is 2. The minimum atomic E-state index is -0.195. The molecule has 2 atom stereocenters. The highest BCUT2D eigenvalue weighted by Gasteiger charge is 2.36. The molecule has 1 heterocycles. The Morgan fingerprint density at radius 2 is 1.68 bits per heavy atom. The second-order valence-corrected chi connectivity index (χ2v) is 8.59. The lowest BCUT2D eigenvalue weighted by Crippen LogP contribution is -2.41. The van der Waals surface area contributed by atoms with Crippen molar-refractivity contribution in [1.82, 2.24) is 15.5 Å². The van der Waals surface area contributed by atoms with Crippen molar-refractivity contribution in [2.45, 2.75) is 31.6 Å². The van der Waals surface area contributed by atoms with Crippen LogP contribution in [0.5, 0.6) is 11.5 Å². The van der Waals surface area contributed by atoms with E-state index in [1.54, 1.807) is 21.3 Å². The number of nitrogens with zero attached hydrogens (tertiary/aromatic N) is 1. The fourth-order valence-electron chi connectivity index (χ4n) is 4.67. The number of likely N-dealkylation sites (tertiary alicyclic amines) is 1. The lowest BCUT2D eigenvalue weighted by molar-refractivity contribution is -0.125. The van der Waals surface area contributed by atoms with Crippen molar-refractivity contribution < 1.29 is 14.3 Å². The van der Waals surface area contributed by atoms with E-state index in [9.17, 15) is 4.79 Å². The molecule has 0 aromatic heterocycles. The van der Waals surface area contributed by atoms with Crippen molar-refractivity contribution in [3.63, 3.8) is 0 Å². The van der Waals surface area contributed by atoms with Crippen LogP contribution < -0.4 is 20.1 Å². The van der Waals surface area contributed by atoms with Gasteiger partial charge in [0.2, 0.25) is 5.91 Å². The molecule has 6 nitrogen and oxygen atoms in total. The van der Waals surface area contributed by atoms with Gasteiger partial charge in [-0.05, 0) is 29.2 Å². The third-order valence-electron chi connectivity index (χ3n) is 6.47. The largest absolute Gasteiger partial charge is 0.493 e. The summed E-state index contributed by atoms with van der Waals surface area (Å²) in [4.78, 5) is 14.9. The first-order valence-corrected chi connectivity index (χ1v) is 11.7. The zero-order valence-electron chi connectivity index (χ0n) is 20.1. The van der Waals surface area contributed by atoms with Crippen LogP contribution in [0.1, 0.15) is 17.5 Å². The molecule has 1 amide bonds. The number of carbonyl (C=O) groups excluding carboxylic acids is 1. The molecule has 0 aliphatic carbocycles. The van der Waals surface area contributed by atoms with Crippen LogP contribution in [0, 0.1) is 0 Å². The average molecular weight is 460 g/mol. The van der Waals surface area contributed by atoms with Gasteiger partial charge < -0.3 is 20.1 Å². The van der Waals surface area contributed by atoms with Crippen molar-refractivity contribution in [3.05, 3.63) is 83.9 Å². The number of hydrogen-bond acceptors (Lipinski definition) is 5. The van der Waals surface area contributed by atoms with Crippen molar-refractivity contribution in [2.75, 3.05) is 27.8 Å². The fourth-order valence-corrected chi connectivity index (χ4v) is 4.67. The zero-order valence-corrected chi connectivity index (χ0v) is 20.1. The van der Waals surface area contributed by atoms with Crippen LogP contribution >= 0.6 is 0 Å². The normalized spacial score (nSPS) is 18.0. The number of hydrogen-bond donors (Lipinski definition) is 2. The second kappa shape index (κ2) is 11.2. The summed E-state index contributed by atoms with van der Waals surface area (Å²) in [6.07, 6.45) is 0.758. The quantitative estimate of drug-likeness (QED) is 0.509. The Balaban J connectivity index is 1.42. The minimum absolute atomic E-state index is 0.0402. The summed E-state index contributed by atoms with van der Waals surface area (Å²) in [5, 5.41) is 6.48. The molecule has 34 heavy (non-hydrogen) atoms. The summed E-state index contributed by atoms with van der Waals surface area (Å²) in [5.41, 5.74) is 4.66. The Morgan fingerprint density at radius 1 is 0.941 bits per heavy atom. The van der Waals surface area contributed by atoms with Gasteiger partial charge in [0.25, 0.3) is 0 Å². The highest BCUT2D eigenvalue weighted by molar-refractivity contribution is 5.82. The Bertz CT molecular complexity index is 1090. The second-order valence-electron chi connectivity index (χ2n) is 8.59. The highest BCUT2D eigenvalue weighted by Crippen LogP contribution is 2.33. The molecule has 2 N–H and O–H groups in total. The van der Waals surface area contributed by atoms with Gasteiger partial charge in [0.05, 0.1) is 20.3 Å². The molecule has 0 bridgehead atoms. The van der Waals surface area contributed by atoms with E-state index in [4.69, 9.17) is 9.47 Å². The number of benzene rings is 3. The van der Waals surface area contributed by atoms with Crippen LogP contribution in [-0.4, -0.2) is 50.7 Å². The number of amides is 1. The molecule has 6 heteroatoms. The Hall–Kier alpha value is -3.35. The van der Waals surface area contributed by atoms with Crippen LogP contribution in [0.2, 0.25) is 0 Å². The standard InChI is InChI=1S/C28H33N3O3/c1-29-28(32)25-16-24(19-31(25)18-23-10-7-11-26(33-2)27(23)34-3)30-17-20-12-14-22(15-13-20)21-8-5-4-6-9-21/h4-15,24-25,30H,16-19H2,1-3H3,(H,29,32)/t24-,25+/m1/s1. The maximum atomic E-state index is 12.6. The molecule has 1 saturated heterocycles. The minimum Gasteiger partial charge on any atom is -0.493 e. The number of likely N-dealkylation sites (N-methyl/N-ethyl adjacent to an activating group) is 1. The van der Waals surface area contributed by atoms with Crippen LogP contribution in [-0.2, 0) is 17.9 Å². The summed E-state index contributed by atoms with van der Waals surface area (Å²) >= 11 is 0. The van der Waals surface area contributed by atoms with Crippen LogP contribution in [0.15, 0.2) is 72.8 Å². The van der Waals surface area contributed by atoms with Gasteiger partial charge >= 0.3 is 0 Å². The molecule has 1 fully saturated rings. The molecule has 4 rings (SSSR count). The van der Waals surface area contributed by atoms with Gasteiger partial charge in [0, 0.05) is 38.3 Å². The predicted octanol–water partition coefficient (Wildman–Crippen LogP) is 3.85. The monoisotopic (exact) mass is 459 g/mol. The first-order chi connectivity index (χ1) is 16.6. The maximum absolute atomic E-state index is 12.6. The topological polar surface area (TPSA) is 62.8 Å². The number of para-hydroxylation sites is 1. The molecule has 1 aliphatic rings. The van der Waals surface area contributed by atoms with E-state index < -0.39 is 0 Å². The summed E-state index contributed by atoms with van der Waals surface area (Å²) in [7, 11) is 4.98. The maximum Gasteiger partial charge on any atom is 0.237 e. The van der Waals surface area contributed by atoms with Crippen molar-refractivity contribution in [3.8, 4) is 22.6 Å². The highest BCUT2D eigenvalue weighted by atomic mass is 16.5. The molecule has 178 valence electrons. The number of ether oxygens (including phenoxy) is 2. The van der Waals surface area contributed by atoms with Crippen LogP contribution in [0.25, 0.3) is 11.1 Å². The van der Waals surface area contributed by atoms with Gasteiger partial charge in [0.1, 0.15) is 0 Å². The molecule has 1 aliphatic heterocycles. The van der Waals surface area contributed by atoms with E-state index in [1.807, 2.05) is 24.3 Å². The molecular formula is C28H33N3O3. The van der Waals surface area contributed by atoms with E-state index >= 15 is 0 Å². The molecule has 3 aromatic rings. The zero-order chi connectivity index (χ0) is 23.9. The molecular weight excluding hydrogens is 426 g/mol. The van der Waals surface area contributed by atoms with E-state index in [0.29, 0.717) is 12.3 Å². The van der Waals surface area contributed by atoms with Gasteiger partial charge in [0.15, 0.2) is 11.5 Å². The third-order valence-corrected chi connectivity index (χ3v) is 6.47. The molecule has 0 unspecified atom stereocenters. The van der Waals surface area contributed by atoms with E-state index in [-0.39, 0.29) is 18.0 Å². The van der Waals surface area contributed by atoms with Gasteiger partial charge in [-0.25, -0.2) is 0 Å². The smallest absolute Gasteiger partial charge is 0.237 e. The third kappa shape index (κ3) is 5.41. The molecule has 0 radical (unpaired) electrons. The van der Waals surface area contributed by atoms with E-state index in [0.717, 1.165) is 30.8 Å². The van der Waals surface area contributed by atoms with E-state index in [1.165, 1.54) is 16.7 Å². The van der Waals surface area contributed by atoms with Crippen molar-refractivity contribution in [1.29, 1.82) is 0 Å². The predicted molar refractivity (Wildman–Crippen MR) is 135 cm³/mol. The number of carbonyl (C=O) groups is 1. The van der Waals surface area contributed by atoms with Gasteiger partial charge in [-0.1, -0.05) is 66.7 Å². The average Bonchev–Trinajstić information content (AvgIpc) is 3.30. The van der Waals surface area contributed by atoms with E-state index in [2.05, 4.69) is 64.1 Å². The van der Waals surface area contributed by atoms with Crippen LogP contribution in [0.4, 0.5) is 0 Å². The number of rotatable bonds is 9. The lowest BCUT2D eigenvalue weighted by Gasteiger charge is -2.24. The Labute approximate surface area is 201 Å². The molecule has 0 spiro atoms. The van der Waals surface area contributed by atoms with Crippen molar-refractivity contribution in [2.24, 2.45) is 0 Å². The molecule has 0 saturated carbocycles.